The van der Waals surface area contributed by atoms with Crippen LogP contribution in [-0.2, 0) is 20.9 Å². The fourth-order valence-corrected chi connectivity index (χ4v) is 5.57. The molecule has 0 bridgehead atoms. The van der Waals surface area contributed by atoms with E-state index >= 15 is 0 Å². The summed E-state index contributed by atoms with van der Waals surface area (Å²) in [6.07, 6.45) is 1.20. The number of halogens is 1. The van der Waals surface area contributed by atoms with E-state index in [1.165, 1.54) is 0 Å². The van der Waals surface area contributed by atoms with E-state index in [1.807, 2.05) is 38.1 Å². The Balaban J connectivity index is 1.81. The number of hydrogen-bond donors (Lipinski definition) is 1. The van der Waals surface area contributed by atoms with Crippen molar-refractivity contribution in [3.63, 3.8) is 0 Å². The molecule has 0 spiro atoms. The molecule has 0 amide bonds. The monoisotopic (exact) mass is 551 g/mol. The molecule has 2 aromatic carbocycles. The largest absolute Gasteiger partial charge is 0.489 e. The van der Waals surface area contributed by atoms with Gasteiger partial charge >= 0.3 is 5.97 Å². The lowest BCUT2D eigenvalue weighted by atomic mass is 9.68. The first kappa shape index (κ1) is 26.2. The molecule has 0 saturated carbocycles. The molecule has 1 heterocycles. The van der Waals surface area contributed by atoms with Crippen LogP contribution < -0.4 is 10.1 Å². The van der Waals surface area contributed by atoms with Crippen LogP contribution in [0.5, 0.6) is 5.75 Å². The predicted molar refractivity (Wildman–Crippen MR) is 145 cm³/mol. The topological polar surface area (TPSA) is 64.6 Å². The number of rotatable bonds is 6. The number of carbonyl (C=O) groups is 2. The molecule has 0 aromatic heterocycles. The van der Waals surface area contributed by atoms with Crippen molar-refractivity contribution in [2.45, 2.75) is 66.9 Å². The number of esters is 1. The number of aryl methyl sites for hydroxylation is 2. The highest BCUT2D eigenvalue weighted by molar-refractivity contribution is 9.10. The quantitative estimate of drug-likeness (QED) is 0.399. The van der Waals surface area contributed by atoms with Gasteiger partial charge in [-0.25, -0.2) is 4.79 Å². The Morgan fingerprint density at radius 2 is 1.78 bits per heavy atom. The normalized spacial score (nSPS) is 19.1. The lowest BCUT2D eigenvalue weighted by Crippen LogP contribution is -2.39. The molecule has 4 rings (SSSR count). The average Bonchev–Trinajstić information content (AvgIpc) is 2.78. The summed E-state index contributed by atoms with van der Waals surface area (Å²) in [5.74, 6) is 0.000154. The van der Waals surface area contributed by atoms with Gasteiger partial charge in [-0.1, -0.05) is 41.9 Å². The van der Waals surface area contributed by atoms with Crippen molar-refractivity contribution in [3.05, 3.63) is 85.7 Å². The molecule has 2 aliphatic rings. The minimum atomic E-state index is -0.476. The fourth-order valence-electron chi connectivity index (χ4n) is 5.30. The van der Waals surface area contributed by atoms with Crippen LogP contribution in [0.2, 0.25) is 0 Å². The highest BCUT2D eigenvalue weighted by Crippen LogP contribution is 2.47. The molecule has 5 nitrogen and oxygen atoms in total. The molecule has 1 atom stereocenters. The van der Waals surface area contributed by atoms with E-state index in [4.69, 9.17) is 9.47 Å². The molecule has 1 unspecified atom stereocenters. The maximum Gasteiger partial charge on any atom is 0.336 e. The zero-order valence-electron chi connectivity index (χ0n) is 21.9. The van der Waals surface area contributed by atoms with Crippen LogP contribution in [0.25, 0.3) is 0 Å². The number of dihydropyridines is 1. The summed E-state index contributed by atoms with van der Waals surface area (Å²) in [4.78, 5) is 26.8. The minimum Gasteiger partial charge on any atom is -0.489 e. The molecule has 0 radical (unpaired) electrons. The zero-order valence-corrected chi connectivity index (χ0v) is 23.5. The van der Waals surface area contributed by atoms with Gasteiger partial charge in [-0.3, -0.25) is 4.79 Å². The number of ketones is 1. The van der Waals surface area contributed by atoms with Gasteiger partial charge in [0.15, 0.2) is 5.78 Å². The number of benzene rings is 2. The summed E-state index contributed by atoms with van der Waals surface area (Å²) in [5.41, 5.74) is 6.82. The van der Waals surface area contributed by atoms with Crippen LogP contribution in [0.3, 0.4) is 0 Å². The van der Waals surface area contributed by atoms with Crippen LogP contribution in [0.4, 0.5) is 0 Å². The minimum absolute atomic E-state index is 0.0840. The molecule has 190 valence electrons. The molecule has 36 heavy (non-hydrogen) atoms. The second-order valence-corrected chi connectivity index (χ2v) is 11.4. The molecule has 1 N–H and O–H groups in total. The van der Waals surface area contributed by atoms with Crippen molar-refractivity contribution in [3.8, 4) is 5.75 Å². The third-order valence-corrected chi connectivity index (χ3v) is 7.51. The molecule has 0 saturated heterocycles. The van der Waals surface area contributed by atoms with Crippen molar-refractivity contribution < 1.29 is 19.1 Å². The van der Waals surface area contributed by atoms with Gasteiger partial charge in [0.2, 0.25) is 0 Å². The number of Topliss-reactive ketones (excluding diaryl/α,β-unsaturated/α-hetero) is 1. The standard InChI is InChI=1S/C30H34BrNO4/c1-7-35-29(34)26-19(4)32-24-14-30(5,6)15-25(33)28(24)27(26)23-13-20(17(2)12-18(23)3)16-36-22-10-8-21(31)9-11-22/h8-13,27,32H,7,14-16H2,1-6H3. The fraction of sp³-hybridized carbons (Fsp3) is 0.400. The molecule has 1 aliphatic heterocycles. The van der Waals surface area contributed by atoms with Crippen molar-refractivity contribution in [1.82, 2.24) is 5.32 Å². The van der Waals surface area contributed by atoms with Crippen molar-refractivity contribution in [2.24, 2.45) is 5.41 Å². The van der Waals surface area contributed by atoms with E-state index in [0.717, 1.165) is 50.3 Å². The summed E-state index contributed by atoms with van der Waals surface area (Å²) in [6, 6.07) is 12.0. The van der Waals surface area contributed by atoms with Crippen LogP contribution in [0, 0.1) is 19.3 Å². The summed E-state index contributed by atoms with van der Waals surface area (Å²) in [6.45, 7) is 12.7. The maximum atomic E-state index is 13.6. The maximum absolute atomic E-state index is 13.6. The van der Waals surface area contributed by atoms with Gasteiger partial charge in [0.25, 0.3) is 0 Å². The Kier molecular flexibility index (Phi) is 7.46. The van der Waals surface area contributed by atoms with Crippen LogP contribution in [0.15, 0.2) is 63.4 Å². The second-order valence-electron chi connectivity index (χ2n) is 10.5. The van der Waals surface area contributed by atoms with Gasteiger partial charge in [0.1, 0.15) is 12.4 Å². The van der Waals surface area contributed by atoms with Gasteiger partial charge in [-0.05, 0) is 86.1 Å². The number of ether oxygens (including phenoxy) is 2. The SMILES string of the molecule is CCOC(=O)C1=C(C)NC2=C(C(=O)CC(C)(C)C2)C1c1cc(COc2ccc(Br)cc2)c(C)cc1C. The van der Waals surface area contributed by atoms with Crippen molar-refractivity contribution in [2.75, 3.05) is 6.61 Å². The molecule has 1 aliphatic carbocycles. The highest BCUT2D eigenvalue weighted by Gasteiger charge is 2.43. The first-order valence-corrected chi connectivity index (χ1v) is 13.2. The molecule has 0 fully saturated rings. The van der Waals surface area contributed by atoms with E-state index in [9.17, 15) is 9.59 Å². The van der Waals surface area contributed by atoms with E-state index in [2.05, 4.69) is 54.2 Å². The number of nitrogens with one attached hydrogen (secondary N) is 1. The lowest BCUT2D eigenvalue weighted by Gasteiger charge is -2.40. The van der Waals surface area contributed by atoms with Gasteiger partial charge in [-0.15, -0.1) is 0 Å². The predicted octanol–water partition coefficient (Wildman–Crippen LogP) is 6.81. The Hall–Kier alpha value is -2.86. The first-order valence-electron chi connectivity index (χ1n) is 12.4. The zero-order chi connectivity index (χ0) is 26.2. The van der Waals surface area contributed by atoms with E-state index in [0.29, 0.717) is 24.2 Å². The number of carbonyl (C=O) groups excluding carboxylic acids is 2. The molecular formula is C30H34BrNO4. The molecule has 2 aromatic rings. The van der Waals surface area contributed by atoms with Crippen LogP contribution in [-0.4, -0.2) is 18.4 Å². The van der Waals surface area contributed by atoms with Crippen molar-refractivity contribution >= 4 is 27.7 Å². The molecule has 6 heteroatoms. The third kappa shape index (κ3) is 5.29. The van der Waals surface area contributed by atoms with Gasteiger partial charge in [0, 0.05) is 33.8 Å². The van der Waals surface area contributed by atoms with E-state index < -0.39 is 5.92 Å². The Labute approximate surface area is 222 Å². The lowest BCUT2D eigenvalue weighted by molar-refractivity contribution is -0.138. The Morgan fingerprint density at radius 1 is 1.08 bits per heavy atom. The summed E-state index contributed by atoms with van der Waals surface area (Å²) in [7, 11) is 0. The van der Waals surface area contributed by atoms with Gasteiger partial charge in [0.05, 0.1) is 12.2 Å². The van der Waals surface area contributed by atoms with Crippen molar-refractivity contribution in [1.29, 1.82) is 0 Å². The Morgan fingerprint density at radius 3 is 2.44 bits per heavy atom. The second kappa shape index (κ2) is 10.3. The highest BCUT2D eigenvalue weighted by atomic mass is 79.9. The average molecular weight is 553 g/mol. The van der Waals surface area contributed by atoms with E-state index in [1.54, 1.807) is 6.92 Å². The number of allylic oxidation sites excluding steroid dienone is 3. The smallest absolute Gasteiger partial charge is 0.336 e. The molecular weight excluding hydrogens is 518 g/mol. The van der Waals surface area contributed by atoms with Crippen LogP contribution in [0.1, 0.15) is 68.7 Å². The number of hydrogen-bond acceptors (Lipinski definition) is 5. The van der Waals surface area contributed by atoms with Crippen LogP contribution >= 0.6 is 15.9 Å². The summed E-state index contributed by atoms with van der Waals surface area (Å²) < 4.78 is 12.5. The Bertz CT molecular complexity index is 1270. The first-order chi connectivity index (χ1) is 17.0. The summed E-state index contributed by atoms with van der Waals surface area (Å²) in [5, 5.41) is 3.40. The third-order valence-electron chi connectivity index (χ3n) is 6.98. The van der Waals surface area contributed by atoms with E-state index in [-0.39, 0.29) is 23.8 Å². The van der Waals surface area contributed by atoms with Gasteiger partial charge < -0.3 is 14.8 Å². The summed E-state index contributed by atoms with van der Waals surface area (Å²) >= 11 is 3.45. The van der Waals surface area contributed by atoms with Gasteiger partial charge in [-0.2, -0.15) is 0 Å².